The molecule has 2 heteroatoms. The topological polar surface area (TPSA) is 27.0 Å². The SMILES string of the molecule is Cc1ccc(N2CCCCC2)cc1C#N. The molecule has 0 aromatic heterocycles. The molecular weight excluding hydrogens is 184 g/mol. The largest absolute Gasteiger partial charge is 0.372 e. The summed E-state index contributed by atoms with van der Waals surface area (Å²) in [5.74, 6) is 0. The summed E-state index contributed by atoms with van der Waals surface area (Å²) in [5.41, 5.74) is 3.08. The van der Waals surface area contributed by atoms with Gasteiger partial charge in [-0.3, -0.25) is 0 Å². The third-order valence-corrected chi connectivity index (χ3v) is 3.06. The molecule has 0 amide bonds. The number of nitrogens with zero attached hydrogens (tertiary/aromatic N) is 2. The molecule has 0 N–H and O–H groups in total. The predicted octanol–water partition coefficient (Wildman–Crippen LogP) is 2.86. The molecule has 1 aromatic carbocycles. The van der Waals surface area contributed by atoms with Crippen LogP contribution in [0.5, 0.6) is 0 Å². The minimum Gasteiger partial charge on any atom is -0.372 e. The van der Waals surface area contributed by atoms with E-state index in [0.717, 1.165) is 24.2 Å². The Morgan fingerprint density at radius 2 is 1.93 bits per heavy atom. The molecule has 0 spiro atoms. The average molecular weight is 200 g/mol. The van der Waals surface area contributed by atoms with Crippen LogP contribution in [0.15, 0.2) is 18.2 Å². The maximum absolute atomic E-state index is 8.97. The highest BCUT2D eigenvalue weighted by Gasteiger charge is 2.11. The van der Waals surface area contributed by atoms with Crippen LogP contribution in [0.1, 0.15) is 30.4 Å². The van der Waals surface area contributed by atoms with Crippen LogP contribution in [0.3, 0.4) is 0 Å². The third kappa shape index (κ3) is 2.12. The van der Waals surface area contributed by atoms with Crippen molar-refractivity contribution in [2.24, 2.45) is 0 Å². The molecule has 0 radical (unpaired) electrons. The molecule has 78 valence electrons. The lowest BCUT2D eigenvalue weighted by Crippen LogP contribution is -2.29. The molecule has 0 aliphatic carbocycles. The Morgan fingerprint density at radius 3 is 2.60 bits per heavy atom. The van der Waals surface area contributed by atoms with E-state index in [1.54, 1.807) is 0 Å². The minimum atomic E-state index is 0.804. The summed E-state index contributed by atoms with van der Waals surface area (Å²) in [6, 6.07) is 8.43. The highest BCUT2D eigenvalue weighted by atomic mass is 15.1. The van der Waals surface area contributed by atoms with Gasteiger partial charge in [0.1, 0.15) is 0 Å². The van der Waals surface area contributed by atoms with Gasteiger partial charge in [-0.2, -0.15) is 5.26 Å². The molecule has 1 aromatic rings. The summed E-state index contributed by atoms with van der Waals surface area (Å²) in [5, 5.41) is 8.97. The first-order valence-corrected chi connectivity index (χ1v) is 5.57. The number of benzene rings is 1. The fourth-order valence-corrected chi connectivity index (χ4v) is 2.08. The molecule has 0 atom stereocenters. The molecule has 1 heterocycles. The number of anilines is 1. The van der Waals surface area contributed by atoms with Crippen molar-refractivity contribution in [3.8, 4) is 6.07 Å². The summed E-state index contributed by atoms with van der Waals surface area (Å²) in [7, 11) is 0. The van der Waals surface area contributed by atoms with Crippen LogP contribution in [0.2, 0.25) is 0 Å². The monoisotopic (exact) mass is 200 g/mol. The van der Waals surface area contributed by atoms with Crippen molar-refractivity contribution in [2.45, 2.75) is 26.2 Å². The Kier molecular flexibility index (Phi) is 2.91. The summed E-state index contributed by atoms with van der Waals surface area (Å²) < 4.78 is 0. The third-order valence-electron chi connectivity index (χ3n) is 3.06. The average Bonchev–Trinajstić information content (AvgIpc) is 2.31. The molecule has 1 aliphatic heterocycles. The molecule has 0 bridgehead atoms. The smallest absolute Gasteiger partial charge is 0.0995 e. The summed E-state index contributed by atoms with van der Waals surface area (Å²) in [6.45, 7) is 4.25. The second kappa shape index (κ2) is 4.35. The van der Waals surface area contributed by atoms with E-state index in [2.05, 4.69) is 17.0 Å². The molecule has 0 saturated carbocycles. The van der Waals surface area contributed by atoms with E-state index >= 15 is 0 Å². The van der Waals surface area contributed by atoms with Crippen molar-refractivity contribution < 1.29 is 0 Å². The van der Waals surface area contributed by atoms with Gasteiger partial charge in [0.2, 0.25) is 0 Å². The van der Waals surface area contributed by atoms with E-state index in [1.807, 2.05) is 19.1 Å². The lowest BCUT2D eigenvalue weighted by molar-refractivity contribution is 0.578. The highest BCUT2D eigenvalue weighted by molar-refractivity contribution is 5.54. The molecular formula is C13H16N2. The normalized spacial score (nSPS) is 16.1. The van der Waals surface area contributed by atoms with Gasteiger partial charge in [-0.15, -0.1) is 0 Å². The lowest BCUT2D eigenvalue weighted by atomic mass is 10.1. The summed E-state index contributed by atoms with van der Waals surface area (Å²) in [4.78, 5) is 2.38. The van der Waals surface area contributed by atoms with Gasteiger partial charge in [-0.1, -0.05) is 6.07 Å². The minimum absolute atomic E-state index is 0.804. The van der Waals surface area contributed by atoms with Crippen molar-refractivity contribution in [3.63, 3.8) is 0 Å². The molecule has 0 unspecified atom stereocenters. The second-order valence-corrected chi connectivity index (χ2v) is 4.16. The van der Waals surface area contributed by atoms with Gasteiger partial charge in [0.25, 0.3) is 0 Å². The van der Waals surface area contributed by atoms with Crippen molar-refractivity contribution in [2.75, 3.05) is 18.0 Å². The van der Waals surface area contributed by atoms with E-state index < -0.39 is 0 Å². The van der Waals surface area contributed by atoms with Crippen molar-refractivity contribution in [1.82, 2.24) is 0 Å². The van der Waals surface area contributed by atoms with Crippen LogP contribution in [0.4, 0.5) is 5.69 Å². The zero-order valence-corrected chi connectivity index (χ0v) is 9.16. The van der Waals surface area contributed by atoms with E-state index in [1.165, 1.54) is 24.9 Å². The quantitative estimate of drug-likeness (QED) is 0.697. The Hall–Kier alpha value is -1.49. The zero-order valence-electron chi connectivity index (χ0n) is 9.16. The van der Waals surface area contributed by atoms with Gasteiger partial charge in [0.05, 0.1) is 11.6 Å². The Labute approximate surface area is 91.1 Å². The Balaban J connectivity index is 2.25. The standard InChI is InChI=1S/C13H16N2/c1-11-5-6-13(9-12(11)10-14)15-7-3-2-4-8-15/h5-6,9H,2-4,7-8H2,1H3. The van der Waals surface area contributed by atoms with Crippen molar-refractivity contribution in [1.29, 1.82) is 5.26 Å². The number of nitriles is 1. The molecule has 2 nitrogen and oxygen atoms in total. The van der Waals surface area contributed by atoms with Gasteiger partial charge in [-0.05, 0) is 43.9 Å². The van der Waals surface area contributed by atoms with Gasteiger partial charge in [0, 0.05) is 18.8 Å². The number of piperidine rings is 1. The van der Waals surface area contributed by atoms with Gasteiger partial charge < -0.3 is 4.90 Å². The van der Waals surface area contributed by atoms with Crippen LogP contribution in [-0.2, 0) is 0 Å². The first-order valence-electron chi connectivity index (χ1n) is 5.57. The van der Waals surface area contributed by atoms with E-state index in [4.69, 9.17) is 5.26 Å². The highest BCUT2D eigenvalue weighted by Crippen LogP contribution is 2.22. The maximum Gasteiger partial charge on any atom is 0.0995 e. The molecule has 1 fully saturated rings. The van der Waals surface area contributed by atoms with Crippen LogP contribution >= 0.6 is 0 Å². The fraction of sp³-hybridized carbons (Fsp3) is 0.462. The first kappa shape index (κ1) is 10.0. The fourth-order valence-electron chi connectivity index (χ4n) is 2.08. The van der Waals surface area contributed by atoms with E-state index in [-0.39, 0.29) is 0 Å². The van der Waals surface area contributed by atoms with Crippen LogP contribution in [0, 0.1) is 18.3 Å². The predicted molar refractivity (Wildman–Crippen MR) is 62.0 cm³/mol. The number of hydrogen-bond acceptors (Lipinski definition) is 2. The number of rotatable bonds is 1. The first-order chi connectivity index (χ1) is 7.31. The number of aryl methyl sites for hydroxylation is 1. The molecule has 1 saturated heterocycles. The van der Waals surface area contributed by atoms with Crippen molar-refractivity contribution >= 4 is 5.69 Å². The molecule has 1 aliphatic rings. The van der Waals surface area contributed by atoms with Crippen LogP contribution in [-0.4, -0.2) is 13.1 Å². The van der Waals surface area contributed by atoms with Crippen LogP contribution < -0.4 is 4.90 Å². The Bertz CT molecular complexity index is 384. The molecule has 15 heavy (non-hydrogen) atoms. The Morgan fingerprint density at radius 1 is 1.20 bits per heavy atom. The molecule has 2 rings (SSSR count). The van der Waals surface area contributed by atoms with E-state index in [0.29, 0.717) is 0 Å². The second-order valence-electron chi connectivity index (χ2n) is 4.16. The lowest BCUT2D eigenvalue weighted by Gasteiger charge is -2.29. The van der Waals surface area contributed by atoms with Crippen LogP contribution in [0.25, 0.3) is 0 Å². The number of hydrogen-bond donors (Lipinski definition) is 0. The van der Waals surface area contributed by atoms with Gasteiger partial charge in [0.15, 0.2) is 0 Å². The summed E-state index contributed by atoms with van der Waals surface area (Å²) >= 11 is 0. The maximum atomic E-state index is 8.97. The van der Waals surface area contributed by atoms with E-state index in [9.17, 15) is 0 Å². The zero-order chi connectivity index (χ0) is 10.7. The van der Waals surface area contributed by atoms with Gasteiger partial charge in [-0.25, -0.2) is 0 Å². The summed E-state index contributed by atoms with van der Waals surface area (Å²) in [6.07, 6.45) is 3.89. The van der Waals surface area contributed by atoms with Gasteiger partial charge >= 0.3 is 0 Å². The van der Waals surface area contributed by atoms with Crippen molar-refractivity contribution in [3.05, 3.63) is 29.3 Å².